The molecule has 0 saturated heterocycles. The van der Waals surface area contributed by atoms with E-state index in [-0.39, 0.29) is 11.4 Å². The number of H-pyrrole nitrogens is 1. The van der Waals surface area contributed by atoms with Crippen LogP contribution in [0.4, 0.5) is 0 Å². The minimum atomic E-state index is -0.915. The predicted molar refractivity (Wildman–Crippen MR) is 72.4 cm³/mol. The maximum Gasteiger partial charge on any atom is 0.343 e. The molecule has 6 nitrogen and oxygen atoms in total. The minimum Gasteiger partial charge on any atom is -0.481 e. The molecule has 0 aromatic carbocycles. The van der Waals surface area contributed by atoms with Crippen LogP contribution in [-0.4, -0.2) is 31.6 Å². The Morgan fingerprint density at radius 2 is 2.37 bits per heavy atom. The molecule has 0 saturated carbocycles. The van der Waals surface area contributed by atoms with Gasteiger partial charge in [-0.25, -0.2) is 9.89 Å². The van der Waals surface area contributed by atoms with Gasteiger partial charge in [-0.05, 0) is 32.1 Å². The Morgan fingerprint density at radius 1 is 1.53 bits per heavy atom. The first-order valence-electron chi connectivity index (χ1n) is 6.34. The number of aliphatic carboxylic acids is 1. The summed E-state index contributed by atoms with van der Waals surface area (Å²) in [4.78, 5) is 22.2. The van der Waals surface area contributed by atoms with E-state index in [0.29, 0.717) is 11.7 Å². The van der Waals surface area contributed by atoms with Crippen molar-refractivity contribution in [1.29, 1.82) is 0 Å². The quantitative estimate of drug-likeness (QED) is 0.612. The Bertz CT molecular complexity index is 533. The molecule has 2 N–H and O–H groups in total. The Labute approximate surface area is 114 Å². The Kier molecular flexibility index (Phi) is 4.84. The molecule has 1 aliphatic rings. The lowest BCUT2D eigenvalue weighted by Crippen LogP contribution is -2.18. The van der Waals surface area contributed by atoms with E-state index in [9.17, 15) is 9.59 Å². The number of hydrogen-bond donors (Lipinski definition) is 2. The lowest BCUT2D eigenvalue weighted by atomic mass is 9.97. The summed E-state index contributed by atoms with van der Waals surface area (Å²) in [7, 11) is 0. The monoisotopic (exact) mass is 283 g/mol. The lowest BCUT2D eigenvalue weighted by molar-refractivity contribution is -0.133. The minimum absolute atomic E-state index is 0.0903. The molecular weight excluding hydrogens is 266 g/mol. The van der Waals surface area contributed by atoms with Crippen LogP contribution < -0.4 is 5.69 Å². The first-order valence-corrected chi connectivity index (χ1v) is 7.33. The van der Waals surface area contributed by atoms with Gasteiger partial charge in [-0.3, -0.25) is 9.36 Å². The molecule has 7 heteroatoms. The van der Waals surface area contributed by atoms with Gasteiger partial charge in [-0.15, -0.1) is 5.10 Å². The van der Waals surface area contributed by atoms with Crippen LogP contribution in [0.25, 0.3) is 0 Å². The fourth-order valence-corrected chi connectivity index (χ4v) is 2.82. The number of hydrogen-bond acceptors (Lipinski definition) is 4. The number of carbonyl (C=O) groups is 1. The van der Waals surface area contributed by atoms with Crippen molar-refractivity contribution in [2.45, 2.75) is 43.8 Å². The van der Waals surface area contributed by atoms with Crippen molar-refractivity contribution in [2.24, 2.45) is 0 Å². The van der Waals surface area contributed by atoms with E-state index in [0.717, 1.165) is 31.0 Å². The number of aromatic amines is 1. The number of aromatic nitrogens is 3. The zero-order valence-corrected chi connectivity index (χ0v) is 11.4. The molecule has 0 amide bonds. The van der Waals surface area contributed by atoms with E-state index in [1.807, 2.05) is 0 Å². The normalized spacial score (nSPS) is 15.3. The van der Waals surface area contributed by atoms with Crippen molar-refractivity contribution in [3.8, 4) is 0 Å². The second-order valence-electron chi connectivity index (χ2n) is 4.50. The molecule has 104 valence electrons. The maximum atomic E-state index is 11.6. The first-order chi connectivity index (χ1) is 9.16. The summed E-state index contributed by atoms with van der Waals surface area (Å²) in [6.07, 6.45) is 7.76. The van der Waals surface area contributed by atoms with Gasteiger partial charge in [-0.1, -0.05) is 23.4 Å². The number of carboxylic acids is 1. The van der Waals surface area contributed by atoms with Gasteiger partial charge >= 0.3 is 11.7 Å². The highest BCUT2D eigenvalue weighted by Gasteiger charge is 2.12. The highest BCUT2D eigenvalue weighted by molar-refractivity contribution is 7.99. The fraction of sp³-hybridized carbons (Fsp3) is 0.583. The third-order valence-electron chi connectivity index (χ3n) is 3.09. The van der Waals surface area contributed by atoms with Gasteiger partial charge in [0.05, 0.1) is 5.75 Å². The van der Waals surface area contributed by atoms with Crippen molar-refractivity contribution >= 4 is 17.7 Å². The molecule has 19 heavy (non-hydrogen) atoms. The standard InChI is InChI=1S/C12H17N3O3S/c16-10(17)8-19-12-14-13-11(18)15(12)7-6-9-4-2-1-3-5-9/h4H,1-3,5-8H2,(H,13,18)(H,16,17). The smallest absolute Gasteiger partial charge is 0.343 e. The molecule has 1 heterocycles. The second kappa shape index (κ2) is 6.60. The molecule has 0 unspecified atom stereocenters. The predicted octanol–water partition coefficient (Wildman–Crippen LogP) is 1.64. The third kappa shape index (κ3) is 3.99. The molecule has 0 atom stereocenters. The van der Waals surface area contributed by atoms with Crippen LogP contribution in [0.1, 0.15) is 32.1 Å². The summed E-state index contributed by atoms with van der Waals surface area (Å²) >= 11 is 1.06. The van der Waals surface area contributed by atoms with Gasteiger partial charge in [0.2, 0.25) is 0 Å². The van der Waals surface area contributed by atoms with Crippen LogP contribution in [-0.2, 0) is 11.3 Å². The average molecular weight is 283 g/mol. The number of thioether (sulfide) groups is 1. The number of nitrogens with one attached hydrogen (secondary N) is 1. The van der Waals surface area contributed by atoms with Gasteiger partial charge in [0.1, 0.15) is 0 Å². The Morgan fingerprint density at radius 3 is 3.05 bits per heavy atom. The third-order valence-corrected chi connectivity index (χ3v) is 4.05. The zero-order chi connectivity index (χ0) is 13.7. The summed E-state index contributed by atoms with van der Waals surface area (Å²) in [5.41, 5.74) is 1.11. The van der Waals surface area contributed by atoms with Crippen LogP contribution in [0, 0.1) is 0 Å². The van der Waals surface area contributed by atoms with Crippen LogP contribution in [0.2, 0.25) is 0 Å². The van der Waals surface area contributed by atoms with E-state index in [1.54, 1.807) is 0 Å². The number of rotatable bonds is 6. The van der Waals surface area contributed by atoms with E-state index >= 15 is 0 Å². The van der Waals surface area contributed by atoms with Crippen molar-refractivity contribution in [3.63, 3.8) is 0 Å². The molecule has 0 spiro atoms. The molecule has 0 radical (unpaired) electrons. The van der Waals surface area contributed by atoms with Gasteiger partial charge in [-0.2, -0.15) is 0 Å². The average Bonchev–Trinajstić information content (AvgIpc) is 2.76. The topological polar surface area (TPSA) is 88.0 Å². The highest BCUT2D eigenvalue weighted by atomic mass is 32.2. The SMILES string of the molecule is O=C(O)CSc1n[nH]c(=O)n1CCC1=CCCCC1. The molecule has 1 aromatic heterocycles. The molecule has 1 aliphatic carbocycles. The van der Waals surface area contributed by atoms with Crippen molar-refractivity contribution < 1.29 is 9.90 Å². The van der Waals surface area contributed by atoms with Gasteiger partial charge in [0.15, 0.2) is 5.16 Å². The van der Waals surface area contributed by atoms with E-state index in [1.165, 1.54) is 23.0 Å². The summed E-state index contributed by atoms with van der Waals surface area (Å²) < 4.78 is 1.52. The van der Waals surface area contributed by atoms with E-state index < -0.39 is 5.97 Å². The summed E-state index contributed by atoms with van der Waals surface area (Å²) in [5, 5.41) is 15.3. The number of carboxylic acid groups (broad SMARTS) is 1. The van der Waals surface area contributed by atoms with Gasteiger partial charge in [0.25, 0.3) is 0 Å². The zero-order valence-electron chi connectivity index (χ0n) is 10.6. The van der Waals surface area contributed by atoms with Crippen LogP contribution in [0.15, 0.2) is 21.6 Å². The lowest BCUT2D eigenvalue weighted by Gasteiger charge is -2.12. The van der Waals surface area contributed by atoms with Crippen molar-refractivity contribution in [2.75, 3.05) is 5.75 Å². The summed E-state index contributed by atoms with van der Waals surface area (Å²) in [6, 6.07) is 0. The largest absolute Gasteiger partial charge is 0.481 e. The molecule has 0 bridgehead atoms. The highest BCUT2D eigenvalue weighted by Crippen LogP contribution is 2.21. The van der Waals surface area contributed by atoms with E-state index in [2.05, 4.69) is 16.3 Å². The summed E-state index contributed by atoms with van der Waals surface area (Å²) in [6.45, 7) is 0.559. The maximum absolute atomic E-state index is 11.6. The van der Waals surface area contributed by atoms with Crippen LogP contribution in [0.3, 0.4) is 0 Å². The summed E-state index contributed by atoms with van der Waals surface area (Å²) in [5.74, 6) is -1.01. The molecular formula is C12H17N3O3S. The van der Waals surface area contributed by atoms with Crippen LogP contribution >= 0.6 is 11.8 Å². The van der Waals surface area contributed by atoms with Crippen molar-refractivity contribution in [3.05, 3.63) is 22.1 Å². The van der Waals surface area contributed by atoms with Crippen LogP contribution in [0.5, 0.6) is 0 Å². The molecule has 0 aliphatic heterocycles. The first kappa shape index (κ1) is 13.9. The van der Waals surface area contributed by atoms with Gasteiger partial charge < -0.3 is 5.11 Å². The number of nitrogens with zero attached hydrogens (tertiary/aromatic N) is 2. The number of allylic oxidation sites excluding steroid dienone is 2. The Balaban J connectivity index is 1.98. The Hall–Kier alpha value is -1.50. The fourth-order valence-electron chi connectivity index (χ4n) is 2.12. The molecule has 2 rings (SSSR count). The van der Waals surface area contributed by atoms with E-state index in [4.69, 9.17) is 5.11 Å². The van der Waals surface area contributed by atoms with Crippen molar-refractivity contribution in [1.82, 2.24) is 14.8 Å². The second-order valence-corrected chi connectivity index (χ2v) is 5.45. The van der Waals surface area contributed by atoms with Gasteiger partial charge in [0, 0.05) is 6.54 Å². The molecule has 1 aromatic rings. The molecule has 0 fully saturated rings.